The van der Waals surface area contributed by atoms with Gasteiger partial charge in [-0.2, -0.15) is 4.31 Å². The van der Waals surface area contributed by atoms with Crippen LogP contribution in [-0.2, 0) is 21.2 Å². The fraction of sp³-hybridized carbons (Fsp3) is 0.316. The van der Waals surface area contributed by atoms with Gasteiger partial charge in [-0.3, -0.25) is 4.79 Å². The van der Waals surface area contributed by atoms with Gasteiger partial charge in [-0.15, -0.1) is 0 Å². The lowest BCUT2D eigenvalue weighted by Gasteiger charge is -2.23. The number of rotatable bonds is 5. The highest BCUT2D eigenvalue weighted by atomic mass is 79.9. The summed E-state index contributed by atoms with van der Waals surface area (Å²) in [5.41, 5.74) is 1.82. The molecule has 2 aromatic carbocycles. The van der Waals surface area contributed by atoms with Gasteiger partial charge >= 0.3 is 0 Å². The molecule has 1 unspecified atom stereocenters. The largest absolute Gasteiger partial charge is 0.325 e. The molecule has 0 aromatic heterocycles. The fourth-order valence-electron chi connectivity index (χ4n) is 3.13. The molecule has 0 saturated carbocycles. The quantitative estimate of drug-likeness (QED) is 0.774. The van der Waals surface area contributed by atoms with Gasteiger partial charge in [-0.1, -0.05) is 35.0 Å². The second-order valence-electron chi connectivity index (χ2n) is 6.27. The van der Waals surface area contributed by atoms with Crippen LogP contribution < -0.4 is 5.32 Å². The van der Waals surface area contributed by atoms with E-state index >= 15 is 0 Å². The van der Waals surface area contributed by atoms with Crippen molar-refractivity contribution in [3.63, 3.8) is 0 Å². The number of hydrogen-bond acceptors (Lipinski definition) is 3. The van der Waals surface area contributed by atoms with Gasteiger partial charge in [0.25, 0.3) is 0 Å². The summed E-state index contributed by atoms with van der Waals surface area (Å²) in [5.74, 6) is -0.281. The van der Waals surface area contributed by atoms with Crippen molar-refractivity contribution in [3.05, 3.63) is 58.6 Å². The number of hydrogen-bond donors (Lipinski definition) is 1. The first-order chi connectivity index (χ1) is 12.4. The van der Waals surface area contributed by atoms with E-state index in [4.69, 9.17) is 0 Å². The van der Waals surface area contributed by atoms with Crippen molar-refractivity contribution in [2.24, 2.45) is 0 Å². The van der Waals surface area contributed by atoms with E-state index < -0.39 is 16.1 Å². The summed E-state index contributed by atoms with van der Waals surface area (Å²) >= 11 is 3.31. The van der Waals surface area contributed by atoms with Crippen LogP contribution in [0.2, 0.25) is 0 Å². The molecule has 0 radical (unpaired) electrons. The van der Waals surface area contributed by atoms with Crippen molar-refractivity contribution in [1.82, 2.24) is 4.31 Å². The molecule has 1 fully saturated rings. The van der Waals surface area contributed by atoms with Crippen LogP contribution in [-0.4, -0.2) is 31.2 Å². The average molecular weight is 437 g/mol. The molecule has 2 aromatic rings. The van der Waals surface area contributed by atoms with E-state index in [9.17, 15) is 13.2 Å². The third-order valence-corrected chi connectivity index (χ3v) is 6.98. The van der Waals surface area contributed by atoms with Crippen molar-refractivity contribution < 1.29 is 13.2 Å². The van der Waals surface area contributed by atoms with Crippen LogP contribution in [0.3, 0.4) is 0 Å². The van der Waals surface area contributed by atoms with E-state index in [1.54, 1.807) is 24.3 Å². The first-order valence-electron chi connectivity index (χ1n) is 8.59. The monoisotopic (exact) mass is 436 g/mol. The highest BCUT2D eigenvalue weighted by Crippen LogP contribution is 2.28. The fourth-order valence-corrected chi connectivity index (χ4v) is 5.05. The average Bonchev–Trinajstić information content (AvgIpc) is 3.13. The van der Waals surface area contributed by atoms with Gasteiger partial charge in [0.05, 0.1) is 4.90 Å². The predicted molar refractivity (Wildman–Crippen MR) is 106 cm³/mol. The van der Waals surface area contributed by atoms with E-state index in [0.29, 0.717) is 25.1 Å². The predicted octanol–water partition coefficient (Wildman–Crippen LogP) is 3.80. The number of anilines is 1. The molecule has 1 heterocycles. The Kier molecular flexibility index (Phi) is 5.79. The van der Waals surface area contributed by atoms with Crippen LogP contribution in [0.5, 0.6) is 0 Å². The van der Waals surface area contributed by atoms with Gasteiger partial charge in [0.15, 0.2) is 0 Å². The van der Waals surface area contributed by atoms with Crippen LogP contribution in [0, 0.1) is 0 Å². The zero-order valence-corrected chi connectivity index (χ0v) is 16.9. The minimum absolute atomic E-state index is 0.202. The third-order valence-electron chi connectivity index (χ3n) is 4.53. The Bertz CT molecular complexity index is 897. The van der Waals surface area contributed by atoms with Crippen LogP contribution >= 0.6 is 15.9 Å². The zero-order valence-electron chi connectivity index (χ0n) is 14.5. The maximum Gasteiger partial charge on any atom is 0.243 e. The van der Waals surface area contributed by atoms with Gasteiger partial charge in [0.2, 0.25) is 15.9 Å². The molecule has 3 rings (SSSR count). The highest BCUT2D eigenvalue weighted by Gasteiger charge is 2.39. The maximum absolute atomic E-state index is 12.9. The Morgan fingerprint density at radius 1 is 1.23 bits per heavy atom. The Balaban J connectivity index is 1.80. The van der Waals surface area contributed by atoms with Gasteiger partial charge in [0.1, 0.15) is 6.04 Å². The van der Waals surface area contributed by atoms with Gasteiger partial charge < -0.3 is 5.32 Å². The molecule has 0 spiro atoms. The minimum atomic E-state index is -3.70. The molecule has 26 heavy (non-hydrogen) atoms. The summed E-state index contributed by atoms with van der Waals surface area (Å²) in [5, 5.41) is 2.87. The molecule has 1 amide bonds. The number of carbonyl (C=O) groups excluding carboxylic acids is 1. The number of nitrogens with one attached hydrogen (secondary N) is 1. The smallest absolute Gasteiger partial charge is 0.243 e. The third kappa shape index (κ3) is 4.00. The molecule has 0 bridgehead atoms. The van der Waals surface area contributed by atoms with Crippen LogP contribution in [0.25, 0.3) is 0 Å². The topological polar surface area (TPSA) is 66.5 Å². The van der Waals surface area contributed by atoms with Crippen molar-refractivity contribution in [3.8, 4) is 0 Å². The van der Waals surface area contributed by atoms with Gasteiger partial charge in [-0.05, 0) is 61.2 Å². The zero-order chi connectivity index (χ0) is 18.7. The summed E-state index contributed by atoms with van der Waals surface area (Å²) in [4.78, 5) is 12.9. The van der Waals surface area contributed by atoms with Crippen molar-refractivity contribution in [1.29, 1.82) is 0 Å². The first kappa shape index (κ1) is 19.1. The summed E-state index contributed by atoms with van der Waals surface area (Å²) in [6.07, 6.45) is 2.06. The first-order valence-corrected chi connectivity index (χ1v) is 10.8. The second-order valence-corrected chi connectivity index (χ2v) is 9.08. The number of nitrogens with zero attached hydrogens (tertiary/aromatic N) is 1. The van der Waals surface area contributed by atoms with Crippen LogP contribution in [0.1, 0.15) is 25.3 Å². The Hall–Kier alpha value is -1.70. The van der Waals surface area contributed by atoms with Crippen LogP contribution in [0.15, 0.2) is 57.9 Å². The second kappa shape index (κ2) is 7.90. The number of benzene rings is 2. The number of sulfonamides is 1. The molecule has 1 saturated heterocycles. The SMILES string of the molecule is CCc1cccc(NC(=O)C2CCCN2S(=O)(=O)c2ccc(Br)cc2)c1. The Morgan fingerprint density at radius 3 is 2.65 bits per heavy atom. The number of aryl methyl sites for hydroxylation is 1. The van der Waals surface area contributed by atoms with Crippen LogP contribution in [0.4, 0.5) is 5.69 Å². The molecule has 5 nitrogen and oxygen atoms in total. The van der Waals surface area contributed by atoms with Crippen molar-refractivity contribution in [2.45, 2.75) is 37.1 Å². The molecular formula is C19H21BrN2O3S. The van der Waals surface area contributed by atoms with E-state index in [2.05, 4.69) is 21.2 Å². The lowest BCUT2D eigenvalue weighted by atomic mass is 10.1. The highest BCUT2D eigenvalue weighted by molar-refractivity contribution is 9.10. The van der Waals surface area contributed by atoms with Crippen molar-refractivity contribution >= 4 is 37.5 Å². The van der Waals surface area contributed by atoms with E-state index in [-0.39, 0.29) is 10.8 Å². The summed E-state index contributed by atoms with van der Waals surface area (Å²) < 4.78 is 28.0. The summed E-state index contributed by atoms with van der Waals surface area (Å²) in [6.45, 7) is 2.40. The van der Waals surface area contributed by atoms with E-state index in [1.165, 1.54) is 4.31 Å². The maximum atomic E-state index is 12.9. The number of halogens is 1. The molecule has 1 aliphatic rings. The van der Waals surface area contributed by atoms with E-state index in [0.717, 1.165) is 16.5 Å². The Labute approximate surface area is 162 Å². The molecule has 1 N–H and O–H groups in total. The van der Waals surface area contributed by atoms with Gasteiger partial charge in [0, 0.05) is 16.7 Å². The molecule has 1 atom stereocenters. The van der Waals surface area contributed by atoms with Gasteiger partial charge in [-0.25, -0.2) is 8.42 Å². The minimum Gasteiger partial charge on any atom is -0.325 e. The standard InChI is InChI=1S/C19H21BrN2O3S/c1-2-14-5-3-6-16(13-14)21-19(23)18-7-4-12-22(18)26(24,25)17-10-8-15(20)9-11-17/h3,5-6,8-11,13,18H,2,4,7,12H2,1H3,(H,21,23). The molecule has 138 valence electrons. The lowest BCUT2D eigenvalue weighted by Crippen LogP contribution is -2.43. The Morgan fingerprint density at radius 2 is 1.96 bits per heavy atom. The number of amides is 1. The lowest BCUT2D eigenvalue weighted by molar-refractivity contribution is -0.119. The van der Waals surface area contributed by atoms with E-state index in [1.807, 2.05) is 31.2 Å². The number of carbonyl (C=O) groups is 1. The molecular weight excluding hydrogens is 416 g/mol. The summed E-state index contributed by atoms with van der Waals surface area (Å²) in [6, 6.07) is 13.4. The molecule has 7 heteroatoms. The molecule has 1 aliphatic heterocycles. The molecule has 0 aliphatic carbocycles. The normalized spacial score (nSPS) is 18.0. The van der Waals surface area contributed by atoms with Crippen molar-refractivity contribution in [2.75, 3.05) is 11.9 Å². The summed E-state index contributed by atoms with van der Waals surface area (Å²) in [7, 11) is -3.70.